The van der Waals surface area contributed by atoms with Gasteiger partial charge in [0, 0.05) is 22.4 Å². The molecule has 0 fully saturated rings. The molecule has 0 bridgehead atoms. The van der Waals surface area contributed by atoms with Crippen LogP contribution in [-0.4, -0.2) is 31.7 Å². The minimum absolute atomic E-state index is 0.00727. The van der Waals surface area contributed by atoms with Gasteiger partial charge in [-0.1, -0.05) is 34.1 Å². The quantitative estimate of drug-likeness (QED) is 0.616. The average molecular weight is 432 g/mol. The van der Waals surface area contributed by atoms with Crippen molar-refractivity contribution in [3.63, 3.8) is 0 Å². The van der Waals surface area contributed by atoms with Gasteiger partial charge >= 0.3 is 0 Å². The van der Waals surface area contributed by atoms with Gasteiger partial charge in [0.2, 0.25) is 0 Å². The second-order valence-corrected chi connectivity index (χ2v) is 9.49. The van der Waals surface area contributed by atoms with Gasteiger partial charge < -0.3 is 0 Å². The van der Waals surface area contributed by atoms with Crippen LogP contribution in [0.4, 0.5) is 0 Å². The van der Waals surface area contributed by atoms with Gasteiger partial charge in [-0.3, -0.25) is 4.90 Å². The summed E-state index contributed by atoms with van der Waals surface area (Å²) in [7, 11) is 0. The van der Waals surface area contributed by atoms with Crippen LogP contribution in [0.25, 0.3) is 0 Å². The summed E-state index contributed by atoms with van der Waals surface area (Å²) < 4.78 is 3.05. The van der Waals surface area contributed by atoms with Gasteiger partial charge in [0.1, 0.15) is 0 Å². The summed E-state index contributed by atoms with van der Waals surface area (Å²) in [4.78, 5) is 3.99. The fourth-order valence-electron chi connectivity index (χ4n) is 3.53. The molecule has 3 heterocycles. The molecular formula is C19H22BrN5S. The molecule has 0 radical (unpaired) electrons. The number of aromatic nitrogens is 4. The van der Waals surface area contributed by atoms with Crippen molar-refractivity contribution in [3.05, 3.63) is 62.0 Å². The van der Waals surface area contributed by atoms with Crippen molar-refractivity contribution in [2.45, 2.75) is 45.3 Å². The number of nitrogens with zero attached hydrogens (tertiary/aromatic N) is 5. The van der Waals surface area contributed by atoms with Crippen LogP contribution in [0.2, 0.25) is 0 Å². The minimum atomic E-state index is -0.179. The Labute approximate surface area is 166 Å². The third-order valence-electron chi connectivity index (χ3n) is 4.78. The zero-order valence-corrected chi connectivity index (χ0v) is 17.6. The van der Waals surface area contributed by atoms with Gasteiger partial charge in [-0.25, -0.2) is 4.68 Å². The normalized spacial score (nSPS) is 16.5. The molecule has 1 aromatic carbocycles. The Balaban J connectivity index is 1.82. The van der Waals surface area contributed by atoms with Crippen LogP contribution in [0, 0.1) is 0 Å². The van der Waals surface area contributed by atoms with Crippen molar-refractivity contribution >= 4 is 27.3 Å². The molecule has 1 aliphatic heterocycles. The van der Waals surface area contributed by atoms with E-state index >= 15 is 0 Å². The van der Waals surface area contributed by atoms with E-state index in [0.717, 1.165) is 29.8 Å². The SMILES string of the molecule is CC(C)(C)n1nnnc1C(c1ccccc1Br)N1CCc2sccc2C1. The zero-order chi connectivity index (χ0) is 18.3. The van der Waals surface area contributed by atoms with E-state index in [-0.39, 0.29) is 11.6 Å². The van der Waals surface area contributed by atoms with Crippen molar-refractivity contribution in [1.82, 2.24) is 25.1 Å². The first-order chi connectivity index (χ1) is 12.4. The lowest BCUT2D eigenvalue weighted by Crippen LogP contribution is -2.38. The standard InChI is InChI=1S/C19H22BrN5S/c1-19(2,3)25-18(21-22-23-25)17(14-6-4-5-7-15(14)20)24-10-8-16-13(12-24)9-11-26-16/h4-7,9,11,17H,8,10,12H2,1-3H3. The molecule has 0 N–H and O–H groups in total. The van der Waals surface area contributed by atoms with Crippen molar-refractivity contribution < 1.29 is 0 Å². The Morgan fingerprint density at radius 3 is 2.77 bits per heavy atom. The van der Waals surface area contributed by atoms with Crippen molar-refractivity contribution in [1.29, 1.82) is 0 Å². The Hall–Kier alpha value is -1.57. The Morgan fingerprint density at radius 1 is 1.19 bits per heavy atom. The fraction of sp³-hybridized carbons (Fsp3) is 0.421. The highest BCUT2D eigenvalue weighted by Gasteiger charge is 2.34. The summed E-state index contributed by atoms with van der Waals surface area (Å²) >= 11 is 5.61. The number of benzene rings is 1. The first-order valence-electron chi connectivity index (χ1n) is 8.77. The lowest BCUT2D eigenvalue weighted by molar-refractivity contribution is 0.186. The molecule has 0 saturated carbocycles. The molecule has 0 spiro atoms. The molecule has 136 valence electrons. The molecule has 0 saturated heterocycles. The van der Waals surface area contributed by atoms with Gasteiger partial charge in [-0.2, -0.15) is 0 Å². The Morgan fingerprint density at radius 2 is 2.00 bits per heavy atom. The molecule has 0 aliphatic carbocycles. The second-order valence-electron chi connectivity index (χ2n) is 7.63. The fourth-order valence-corrected chi connectivity index (χ4v) is 4.92. The third kappa shape index (κ3) is 3.23. The number of halogens is 1. The monoisotopic (exact) mass is 431 g/mol. The predicted octanol–water partition coefficient (Wildman–Crippen LogP) is 4.40. The van der Waals surface area contributed by atoms with Gasteiger partial charge in [0.25, 0.3) is 0 Å². The smallest absolute Gasteiger partial charge is 0.173 e. The lowest BCUT2D eigenvalue weighted by atomic mass is 9.99. The summed E-state index contributed by atoms with van der Waals surface area (Å²) in [6.07, 6.45) is 1.07. The summed E-state index contributed by atoms with van der Waals surface area (Å²) in [6, 6.07) is 10.6. The minimum Gasteiger partial charge on any atom is -0.285 e. The molecule has 2 aromatic heterocycles. The predicted molar refractivity (Wildman–Crippen MR) is 107 cm³/mol. The Kier molecular flexibility index (Phi) is 4.71. The molecule has 0 amide bonds. The summed E-state index contributed by atoms with van der Waals surface area (Å²) in [5.74, 6) is 0.892. The van der Waals surface area contributed by atoms with E-state index in [1.165, 1.54) is 16.0 Å². The van der Waals surface area contributed by atoms with Crippen LogP contribution in [-0.2, 0) is 18.5 Å². The van der Waals surface area contributed by atoms with Crippen LogP contribution >= 0.6 is 27.3 Å². The highest BCUT2D eigenvalue weighted by atomic mass is 79.9. The molecule has 7 heteroatoms. The molecule has 4 rings (SSSR count). The summed E-state index contributed by atoms with van der Waals surface area (Å²) in [5.41, 5.74) is 2.45. The zero-order valence-electron chi connectivity index (χ0n) is 15.2. The number of rotatable bonds is 3. The van der Waals surface area contributed by atoms with E-state index in [2.05, 4.69) is 86.8 Å². The van der Waals surface area contributed by atoms with E-state index in [1.54, 1.807) is 0 Å². The average Bonchev–Trinajstić information content (AvgIpc) is 3.25. The summed E-state index contributed by atoms with van der Waals surface area (Å²) in [6.45, 7) is 8.32. The van der Waals surface area contributed by atoms with Gasteiger partial charge in [-0.15, -0.1) is 16.4 Å². The first kappa shape index (κ1) is 17.8. The van der Waals surface area contributed by atoms with E-state index < -0.39 is 0 Å². The van der Waals surface area contributed by atoms with Crippen LogP contribution in [0.3, 0.4) is 0 Å². The number of thiophene rings is 1. The maximum Gasteiger partial charge on any atom is 0.173 e. The maximum atomic E-state index is 4.46. The van der Waals surface area contributed by atoms with Gasteiger partial charge in [-0.05, 0) is 66.3 Å². The second kappa shape index (κ2) is 6.87. The van der Waals surface area contributed by atoms with E-state index in [0.29, 0.717) is 0 Å². The largest absolute Gasteiger partial charge is 0.285 e. The molecular weight excluding hydrogens is 410 g/mol. The van der Waals surface area contributed by atoms with Crippen LogP contribution in [0.15, 0.2) is 40.2 Å². The van der Waals surface area contributed by atoms with E-state index in [4.69, 9.17) is 0 Å². The van der Waals surface area contributed by atoms with E-state index in [9.17, 15) is 0 Å². The molecule has 26 heavy (non-hydrogen) atoms. The molecule has 3 aromatic rings. The topological polar surface area (TPSA) is 46.8 Å². The Bertz CT molecular complexity index is 911. The maximum absolute atomic E-state index is 4.46. The number of hydrogen-bond donors (Lipinski definition) is 0. The number of fused-ring (bicyclic) bond motifs is 1. The molecule has 1 atom stereocenters. The summed E-state index contributed by atoms with van der Waals surface area (Å²) in [5, 5.41) is 15.0. The first-order valence-corrected chi connectivity index (χ1v) is 10.4. The van der Waals surface area contributed by atoms with Crippen LogP contribution < -0.4 is 0 Å². The lowest BCUT2D eigenvalue weighted by Gasteiger charge is -2.35. The van der Waals surface area contributed by atoms with Crippen LogP contribution in [0.1, 0.15) is 48.6 Å². The van der Waals surface area contributed by atoms with Crippen molar-refractivity contribution in [2.75, 3.05) is 6.54 Å². The third-order valence-corrected chi connectivity index (χ3v) is 6.52. The van der Waals surface area contributed by atoms with Crippen LogP contribution in [0.5, 0.6) is 0 Å². The highest BCUT2D eigenvalue weighted by molar-refractivity contribution is 9.10. The van der Waals surface area contributed by atoms with Crippen molar-refractivity contribution in [3.8, 4) is 0 Å². The number of hydrogen-bond acceptors (Lipinski definition) is 5. The van der Waals surface area contributed by atoms with Gasteiger partial charge in [0.15, 0.2) is 5.82 Å². The van der Waals surface area contributed by atoms with Gasteiger partial charge in [0.05, 0.1) is 11.6 Å². The van der Waals surface area contributed by atoms with Crippen molar-refractivity contribution in [2.24, 2.45) is 0 Å². The van der Waals surface area contributed by atoms with E-state index in [1.807, 2.05) is 22.1 Å². The number of tetrazole rings is 1. The molecule has 1 unspecified atom stereocenters. The molecule has 1 aliphatic rings. The highest BCUT2D eigenvalue weighted by Crippen LogP contribution is 2.37. The molecule has 5 nitrogen and oxygen atoms in total.